The first-order valence-electron chi connectivity index (χ1n) is 8.38. The van der Waals surface area contributed by atoms with Crippen LogP contribution in [-0.2, 0) is 0 Å². The Bertz CT molecular complexity index is 987. The average Bonchev–Trinajstić information content (AvgIpc) is 2.67. The van der Waals surface area contributed by atoms with Gasteiger partial charge in [0.25, 0.3) is 0 Å². The second-order valence-corrected chi connectivity index (χ2v) is 6.31. The maximum Gasteiger partial charge on any atom is 0.200 e. The van der Waals surface area contributed by atoms with Crippen molar-refractivity contribution in [2.24, 2.45) is 0 Å². The lowest BCUT2D eigenvalue weighted by atomic mass is 9.89. The number of fused-ring (bicyclic) bond motifs is 3. The van der Waals surface area contributed by atoms with Gasteiger partial charge in [0.2, 0.25) is 5.75 Å². The number of aromatic hydroxyl groups is 1. The molecular weight excluding hydrogens is 330 g/mol. The third-order valence-corrected chi connectivity index (χ3v) is 4.83. The summed E-state index contributed by atoms with van der Waals surface area (Å²) in [5.41, 5.74) is 2.37. The molecule has 0 bridgehead atoms. The molecule has 0 unspecified atom stereocenters. The highest BCUT2D eigenvalue weighted by atomic mass is 16.5. The van der Waals surface area contributed by atoms with Crippen molar-refractivity contribution in [1.82, 2.24) is 0 Å². The van der Waals surface area contributed by atoms with Crippen molar-refractivity contribution in [3.8, 4) is 17.2 Å². The van der Waals surface area contributed by atoms with E-state index in [4.69, 9.17) is 9.47 Å². The number of nitrogens with one attached hydrogen (secondary N) is 1. The topological polar surface area (TPSA) is 67.8 Å². The number of ether oxygens (including phenoxy) is 2. The monoisotopic (exact) mass is 349 g/mol. The van der Waals surface area contributed by atoms with E-state index in [1.54, 1.807) is 12.1 Å². The molecule has 0 saturated heterocycles. The van der Waals surface area contributed by atoms with Crippen molar-refractivity contribution in [3.63, 3.8) is 0 Å². The van der Waals surface area contributed by atoms with E-state index >= 15 is 0 Å². The van der Waals surface area contributed by atoms with Crippen LogP contribution in [-0.4, -0.2) is 25.1 Å². The molecule has 0 fully saturated rings. The summed E-state index contributed by atoms with van der Waals surface area (Å²) in [7, 11) is 2.97. The zero-order valence-corrected chi connectivity index (χ0v) is 14.6. The third kappa shape index (κ3) is 2.52. The smallest absolute Gasteiger partial charge is 0.200 e. The number of methoxy groups -OCH3 is 2. The highest BCUT2D eigenvalue weighted by Crippen LogP contribution is 2.42. The largest absolute Gasteiger partial charge is 0.502 e. The van der Waals surface area contributed by atoms with Gasteiger partial charge < -0.3 is 19.9 Å². The Hall–Kier alpha value is -3.21. The summed E-state index contributed by atoms with van der Waals surface area (Å²) in [5.74, 6) is 0.676. The molecule has 0 radical (unpaired) electrons. The molecule has 1 aliphatic heterocycles. The van der Waals surface area contributed by atoms with Crippen LogP contribution in [0, 0.1) is 0 Å². The van der Waals surface area contributed by atoms with Gasteiger partial charge in [0.05, 0.1) is 20.3 Å². The van der Waals surface area contributed by atoms with Crippen molar-refractivity contribution >= 4 is 22.2 Å². The van der Waals surface area contributed by atoms with E-state index in [1.807, 2.05) is 36.4 Å². The lowest BCUT2D eigenvalue weighted by molar-refractivity contribution is 0.0974. The number of carbonyl (C=O) groups excluding carboxylic acids is 1. The Morgan fingerprint density at radius 1 is 1.04 bits per heavy atom. The molecule has 1 heterocycles. The molecule has 5 heteroatoms. The molecule has 5 nitrogen and oxygen atoms in total. The number of rotatable bonds is 3. The Labute approximate surface area is 151 Å². The second-order valence-electron chi connectivity index (χ2n) is 6.31. The molecule has 4 rings (SSSR count). The number of phenolic OH excluding ortho intramolecular Hbond substituents is 1. The number of carbonyl (C=O) groups is 1. The quantitative estimate of drug-likeness (QED) is 0.738. The lowest BCUT2D eigenvalue weighted by Gasteiger charge is -2.28. The number of ketones is 1. The fourth-order valence-corrected chi connectivity index (χ4v) is 3.53. The van der Waals surface area contributed by atoms with Crippen molar-refractivity contribution in [2.75, 3.05) is 19.5 Å². The molecule has 2 N–H and O–H groups in total. The fraction of sp³-hybridized carbons (Fsp3) is 0.190. The van der Waals surface area contributed by atoms with E-state index in [0.29, 0.717) is 17.9 Å². The minimum atomic E-state index is -0.223. The summed E-state index contributed by atoms with van der Waals surface area (Å²) < 4.78 is 10.5. The zero-order valence-electron chi connectivity index (χ0n) is 14.6. The number of hydrogen-bond acceptors (Lipinski definition) is 5. The van der Waals surface area contributed by atoms with Gasteiger partial charge in [-0.25, -0.2) is 0 Å². The summed E-state index contributed by atoms with van der Waals surface area (Å²) in [6, 6.07) is 15.1. The molecule has 132 valence electrons. The van der Waals surface area contributed by atoms with Gasteiger partial charge in [-0.15, -0.1) is 0 Å². The van der Waals surface area contributed by atoms with Crippen molar-refractivity contribution in [1.29, 1.82) is 0 Å². The van der Waals surface area contributed by atoms with Gasteiger partial charge in [0.15, 0.2) is 17.3 Å². The molecule has 0 amide bonds. The molecule has 0 aromatic heterocycles. The van der Waals surface area contributed by atoms with E-state index in [2.05, 4.69) is 5.32 Å². The molecular formula is C21H19NO4. The van der Waals surface area contributed by atoms with E-state index < -0.39 is 0 Å². The maximum absolute atomic E-state index is 12.9. The van der Waals surface area contributed by atoms with Crippen LogP contribution in [0.25, 0.3) is 10.8 Å². The maximum atomic E-state index is 12.9. The Kier molecular flexibility index (Phi) is 3.92. The summed E-state index contributed by atoms with van der Waals surface area (Å²) in [6.07, 6.45) is 0.318. The second kappa shape index (κ2) is 6.26. The summed E-state index contributed by atoms with van der Waals surface area (Å²) in [5, 5.41) is 15.6. The van der Waals surface area contributed by atoms with Gasteiger partial charge in [-0.2, -0.15) is 0 Å². The first-order chi connectivity index (χ1) is 12.6. The molecule has 1 atom stereocenters. The molecule has 3 aromatic carbocycles. The Morgan fingerprint density at radius 3 is 2.42 bits per heavy atom. The first kappa shape index (κ1) is 16.3. The molecule has 0 saturated carbocycles. The highest BCUT2D eigenvalue weighted by Gasteiger charge is 2.28. The number of anilines is 1. The summed E-state index contributed by atoms with van der Waals surface area (Å²) >= 11 is 0. The Balaban J connectivity index is 1.79. The van der Waals surface area contributed by atoms with E-state index in [-0.39, 0.29) is 17.6 Å². The number of phenols is 1. The minimum Gasteiger partial charge on any atom is -0.502 e. The third-order valence-electron chi connectivity index (χ3n) is 4.83. The fourth-order valence-electron chi connectivity index (χ4n) is 3.53. The van der Waals surface area contributed by atoms with Crippen LogP contribution in [0.15, 0.2) is 48.5 Å². The number of hydrogen-bond donors (Lipinski definition) is 2. The predicted molar refractivity (Wildman–Crippen MR) is 100 cm³/mol. The van der Waals surface area contributed by atoms with E-state index in [0.717, 1.165) is 27.6 Å². The van der Waals surface area contributed by atoms with Crippen LogP contribution in [0.1, 0.15) is 28.4 Å². The number of benzene rings is 3. The van der Waals surface area contributed by atoms with Gasteiger partial charge in [-0.1, -0.05) is 30.3 Å². The lowest BCUT2D eigenvalue weighted by Crippen LogP contribution is -2.23. The van der Waals surface area contributed by atoms with Gasteiger partial charge in [-0.05, 0) is 34.5 Å². The summed E-state index contributed by atoms with van der Waals surface area (Å²) in [4.78, 5) is 12.9. The zero-order chi connectivity index (χ0) is 18.3. The molecule has 0 aliphatic carbocycles. The van der Waals surface area contributed by atoms with Gasteiger partial charge in [0, 0.05) is 17.7 Å². The van der Waals surface area contributed by atoms with Crippen LogP contribution in [0.3, 0.4) is 0 Å². The Morgan fingerprint density at radius 2 is 1.73 bits per heavy atom. The normalized spacial score (nSPS) is 16.1. The van der Waals surface area contributed by atoms with Crippen LogP contribution in [0.4, 0.5) is 5.69 Å². The summed E-state index contributed by atoms with van der Waals surface area (Å²) in [6.45, 7) is 0. The van der Waals surface area contributed by atoms with Crippen LogP contribution in [0.2, 0.25) is 0 Å². The standard InChI is InChI=1S/C21H19NO4/c1-25-18-9-13(10-19(26-2)21(18)24)16-11-17(23)20-14-6-4-3-5-12(14)7-8-15(20)22-16/h3-10,16,22,24H,11H2,1-2H3/t16-/m0/s1. The molecule has 0 spiro atoms. The highest BCUT2D eigenvalue weighted by molar-refractivity contribution is 6.14. The van der Waals surface area contributed by atoms with Crippen LogP contribution in [0.5, 0.6) is 17.2 Å². The van der Waals surface area contributed by atoms with Crippen LogP contribution < -0.4 is 14.8 Å². The average molecular weight is 349 g/mol. The SMILES string of the molecule is COc1cc([C@@H]2CC(=O)c3c(ccc4ccccc34)N2)cc(OC)c1O. The van der Waals surface area contributed by atoms with Gasteiger partial charge in [0.1, 0.15) is 0 Å². The predicted octanol–water partition coefficient (Wildman–Crippen LogP) is 4.30. The minimum absolute atomic E-state index is 0.0488. The van der Waals surface area contributed by atoms with Gasteiger partial charge in [-0.3, -0.25) is 4.79 Å². The van der Waals surface area contributed by atoms with Crippen molar-refractivity contribution in [2.45, 2.75) is 12.5 Å². The molecule has 1 aliphatic rings. The number of Topliss-reactive ketones (excluding diaryl/α,β-unsaturated/α-hetero) is 1. The molecule has 26 heavy (non-hydrogen) atoms. The first-order valence-corrected chi connectivity index (χ1v) is 8.38. The van der Waals surface area contributed by atoms with Gasteiger partial charge >= 0.3 is 0 Å². The van der Waals surface area contributed by atoms with Crippen LogP contribution >= 0.6 is 0 Å². The van der Waals surface area contributed by atoms with Crippen molar-refractivity contribution < 1.29 is 19.4 Å². The van der Waals surface area contributed by atoms with Crippen molar-refractivity contribution in [3.05, 3.63) is 59.7 Å². The molecule has 3 aromatic rings. The van der Waals surface area contributed by atoms with E-state index in [1.165, 1.54) is 14.2 Å². The van der Waals surface area contributed by atoms with E-state index in [9.17, 15) is 9.90 Å².